The fourth-order valence-electron chi connectivity index (χ4n) is 2.11. The predicted octanol–water partition coefficient (Wildman–Crippen LogP) is 3.47. The van der Waals surface area contributed by atoms with Gasteiger partial charge in [0.15, 0.2) is 4.96 Å². The van der Waals surface area contributed by atoms with Crippen LogP contribution < -0.4 is 0 Å². The van der Waals surface area contributed by atoms with Gasteiger partial charge in [-0.1, -0.05) is 17.4 Å². The molecule has 15 heavy (non-hydrogen) atoms. The lowest BCUT2D eigenvalue weighted by atomic mass is 10.1. The van der Waals surface area contributed by atoms with Crippen LogP contribution >= 0.6 is 11.3 Å². The number of benzene rings is 1. The number of imidazole rings is 1. The van der Waals surface area contributed by atoms with E-state index in [9.17, 15) is 0 Å². The van der Waals surface area contributed by atoms with E-state index in [1.165, 1.54) is 21.3 Å². The Balaban J connectivity index is 2.57. The predicted molar refractivity (Wildman–Crippen MR) is 64.8 cm³/mol. The lowest BCUT2D eigenvalue weighted by Gasteiger charge is -1.99. The highest BCUT2D eigenvalue weighted by Crippen LogP contribution is 2.29. The number of rotatable bonds is 0. The Labute approximate surface area is 92.2 Å². The minimum absolute atomic E-state index is 1.09. The molecule has 3 aromatic rings. The molecule has 0 aliphatic carbocycles. The molecule has 0 radical (unpaired) electrons. The number of hydrogen-bond acceptors (Lipinski definition) is 2. The number of hydrogen-bond donors (Lipinski definition) is 0. The van der Waals surface area contributed by atoms with Crippen molar-refractivity contribution < 1.29 is 0 Å². The first kappa shape index (κ1) is 8.92. The molecule has 0 saturated carbocycles. The van der Waals surface area contributed by atoms with Crippen LogP contribution in [0, 0.1) is 20.8 Å². The Kier molecular flexibility index (Phi) is 1.68. The van der Waals surface area contributed by atoms with Gasteiger partial charge in [-0.2, -0.15) is 0 Å². The Hall–Kier alpha value is -1.35. The summed E-state index contributed by atoms with van der Waals surface area (Å²) in [4.78, 5) is 5.60. The topological polar surface area (TPSA) is 17.3 Å². The van der Waals surface area contributed by atoms with E-state index in [0.29, 0.717) is 0 Å². The zero-order valence-electron chi connectivity index (χ0n) is 9.03. The third-order valence-electron chi connectivity index (χ3n) is 2.65. The molecule has 1 aromatic carbocycles. The van der Waals surface area contributed by atoms with E-state index in [0.717, 1.165) is 10.7 Å². The Morgan fingerprint density at radius 1 is 1.20 bits per heavy atom. The second kappa shape index (κ2) is 2.83. The fraction of sp³-hybridized carbons (Fsp3) is 0.250. The first-order valence-corrected chi connectivity index (χ1v) is 5.82. The van der Waals surface area contributed by atoms with Crippen LogP contribution in [0.4, 0.5) is 0 Å². The zero-order valence-corrected chi connectivity index (χ0v) is 9.85. The summed E-state index contributed by atoms with van der Waals surface area (Å²) >= 11 is 1.76. The third kappa shape index (κ3) is 1.20. The molecule has 3 rings (SSSR count). The van der Waals surface area contributed by atoms with E-state index in [1.54, 1.807) is 11.3 Å². The van der Waals surface area contributed by atoms with E-state index < -0.39 is 0 Å². The van der Waals surface area contributed by atoms with Gasteiger partial charge >= 0.3 is 0 Å². The highest BCUT2D eigenvalue weighted by Gasteiger charge is 2.09. The molecular weight excluding hydrogens is 204 g/mol. The number of fused-ring (bicyclic) bond motifs is 3. The molecule has 0 spiro atoms. The van der Waals surface area contributed by atoms with Crippen molar-refractivity contribution in [2.45, 2.75) is 20.8 Å². The van der Waals surface area contributed by atoms with Crippen LogP contribution in [0.3, 0.4) is 0 Å². The lowest BCUT2D eigenvalue weighted by molar-refractivity contribution is 1.26. The molecule has 0 saturated heterocycles. The van der Waals surface area contributed by atoms with Crippen LogP contribution in [-0.2, 0) is 0 Å². The van der Waals surface area contributed by atoms with Crippen molar-refractivity contribution >= 4 is 26.5 Å². The molecule has 3 heteroatoms. The van der Waals surface area contributed by atoms with Gasteiger partial charge in [0.25, 0.3) is 0 Å². The zero-order chi connectivity index (χ0) is 10.6. The smallest absolute Gasteiger partial charge is 0.194 e. The number of nitrogens with zero attached hydrogens (tertiary/aromatic N) is 2. The van der Waals surface area contributed by atoms with Gasteiger partial charge in [0, 0.05) is 6.20 Å². The van der Waals surface area contributed by atoms with Crippen molar-refractivity contribution in [3.8, 4) is 0 Å². The molecule has 0 aliphatic heterocycles. The maximum atomic E-state index is 4.50. The average Bonchev–Trinajstić information content (AvgIpc) is 2.58. The molecule has 0 N–H and O–H groups in total. The van der Waals surface area contributed by atoms with Crippen LogP contribution in [-0.4, -0.2) is 9.38 Å². The van der Waals surface area contributed by atoms with Crippen LogP contribution in [0.25, 0.3) is 15.2 Å². The second-order valence-electron chi connectivity index (χ2n) is 4.07. The number of aryl methyl sites for hydroxylation is 3. The summed E-state index contributed by atoms with van der Waals surface area (Å²) in [6.07, 6.45) is 2.11. The molecule has 2 aromatic heterocycles. The second-order valence-corrected chi connectivity index (χ2v) is 5.07. The first-order valence-electron chi connectivity index (χ1n) is 5.00. The Morgan fingerprint density at radius 2 is 2.00 bits per heavy atom. The van der Waals surface area contributed by atoms with Gasteiger partial charge in [0.05, 0.1) is 15.9 Å². The van der Waals surface area contributed by atoms with E-state index in [2.05, 4.69) is 41.6 Å². The van der Waals surface area contributed by atoms with E-state index >= 15 is 0 Å². The highest BCUT2D eigenvalue weighted by atomic mass is 32.1. The van der Waals surface area contributed by atoms with Crippen LogP contribution in [0.5, 0.6) is 0 Å². The van der Waals surface area contributed by atoms with Gasteiger partial charge in [-0.25, -0.2) is 4.98 Å². The quantitative estimate of drug-likeness (QED) is 0.562. The van der Waals surface area contributed by atoms with Crippen molar-refractivity contribution in [1.82, 2.24) is 9.38 Å². The summed E-state index contributed by atoms with van der Waals surface area (Å²) in [7, 11) is 0. The molecule has 0 unspecified atom stereocenters. The van der Waals surface area contributed by atoms with Crippen LogP contribution in [0.2, 0.25) is 0 Å². The minimum Gasteiger partial charge on any atom is -0.290 e. The van der Waals surface area contributed by atoms with Gasteiger partial charge in [-0.05, 0) is 38.0 Å². The summed E-state index contributed by atoms with van der Waals surface area (Å²) in [6.45, 7) is 6.34. The van der Waals surface area contributed by atoms with Gasteiger partial charge in [0.2, 0.25) is 0 Å². The van der Waals surface area contributed by atoms with E-state index in [4.69, 9.17) is 0 Å². The maximum absolute atomic E-state index is 4.50. The van der Waals surface area contributed by atoms with Gasteiger partial charge in [-0.15, -0.1) is 0 Å². The van der Waals surface area contributed by atoms with E-state index in [-0.39, 0.29) is 0 Å². The fourth-order valence-corrected chi connectivity index (χ4v) is 3.34. The van der Waals surface area contributed by atoms with Gasteiger partial charge < -0.3 is 0 Å². The standard InChI is InChI=1S/C12H12N2S/c1-7-4-8(2)11-10(5-7)15-12-13-9(3)6-14(11)12/h4-6H,1-3H3. The normalized spacial score (nSPS) is 11.7. The molecular formula is C12H12N2S. The monoisotopic (exact) mass is 216 g/mol. The molecule has 0 bridgehead atoms. The number of thiazole rings is 1. The Morgan fingerprint density at radius 3 is 2.80 bits per heavy atom. The largest absolute Gasteiger partial charge is 0.290 e. The van der Waals surface area contributed by atoms with E-state index in [1.807, 2.05) is 6.92 Å². The summed E-state index contributed by atoms with van der Waals surface area (Å²) in [6, 6.07) is 4.46. The molecule has 2 heterocycles. The maximum Gasteiger partial charge on any atom is 0.194 e. The Bertz CT molecular complexity index is 661. The van der Waals surface area contributed by atoms with Gasteiger partial charge in [-0.3, -0.25) is 4.40 Å². The number of aromatic nitrogens is 2. The van der Waals surface area contributed by atoms with Crippen molar-refractivity contribution in [2.75, 3.05) is 0 Å². The molecule has 0 atom stereocenters. The SMILES string of the molecule is Cc1cc(C)c2c(c1)sc1nc(C)cn12. The van der Waals surface area contributed by atoms with Crippen molar-refractivity contribution in [1.29, 1.82) is 0 Å². The summed E-state index contributed by atoms with van der Waals surface area (Å²) in [5, 5.41) is 0. The highest BCUT2D eigenvalue weighted by molar-refractivity contribution is 7.23. The molecule has 2 nitrogen and oxygen atoms in total. The molecule has 76 valence electrons. The summed E-state index contributed by atoms with van der Waals surface area (Å²) in [5.41, 5.74) is 5.04. The molecule has 0 fully saturated rings. The van der Waals surface area contributed by atoms with Crippen LogP contribution in [0.1, 0.15) is 16.8 Å². The molecule has 0 amide bonds. The van der Waals surface area contributed by atoms with Crippen LogP contribution in [0.15, 0.2) is 18.3 Å². The average molecular weight is 216 g/mol. The summed E-state index contributed by atoms with van der Waals surface area (Å²) < 4.78 is 3.53. The first-order chi connectivity index (χ1) is 7.15. The minimum atomic E-state index is 1.09. The molecule has 0 aliphatic rings. The van der Waals surface area contributed by atoms with Crippen molar-refractivity contribution in [3.63, 3.8) is 0 Å². The van der Waals surface area contributed by atoms with Crippen molar-refractivity contribution in [3.05, 3.63) is 35.2 Å². The summed E-state index contributed by atoms with van der Waals surface area (Å²) in [5.74, 6) is 0. The van der Waals surface area contributed by atoms with Crippen molar-refractivity contribution in [2.24, 2.45) is 0 Å². The third-order valence-corrected chi connectivity index (χ3v) is 3.65. The lowest BCUT2D eigenvalue weighted by Crippen LogP contribution is -1.83. The van der Waals surface area contributed by atoms with Gasteiger partial charge in [0.1, 0.15) is 0 Å².